The van der Waals surface area contributed by atoms with Gasteiger partial charge in [0.15, 0.2) is 0 Å². The molecular weight excluding hydrogens is 210 g/mol. The number of hydrogen-bond donors (Lipinski definition) is 2. The molecule has 1 aromatic carbocycles. The van der Waals surface area contributed by atoms with Crippen molar-refractivity contribution in [2.75, 3.05) is 13.1 Å². The first kappa shape index (κ1) is 11.2. The van der Waals surface area contributed by atoms with Crippen molar-refractivity contribution >= 4 is 0 Å². The van der Waals surface area contributed by atoms with Crippen molar-refractivity contribution in [2.45, 2.75) is 38.2 Å². The van der Waals surface area contributed by atoms with Crippen LogP contribution in [0.2, 0.25) is 0 Å². The van der Waals surface area contributed by atoms with Crippen molar-refractivity contribution in [3.8, 4) is 0 Å². The van der Waals surface area contributed by atoms with Gasteiger partial charge in [0.05, 0.1) is 6.10 Å². The molecule has 2 heteroatoms. The standard InChI is InChI=1S/C15H21NO/c17-15-6-7-16-10-14(15)9-11-4-5-12-2-1-3-13(12)8-11/h4-5,8,14-17H,1-3,6-7,9-10H2. The second-order valence-electron chi connectivity index (χ2n) is 5.48. The van der Waals surface area contributed by atoms with E-state index < -0.39 is 0 Å². The monoisotopic (exact) mass is 231 g/mol. The molecule has 1 fully saturated rings. The van der Waals surface area contributed by atoms with E-state index in [9.17, 15) is 5.11 Å². The van der Waals surface area contributed by atoms with Crippen LogP contribution in [0.5, 0.6) is 0 Å². The van der Waals surface area contributed by atoms with Gasteiger partial charge < -0.3 is 10.4 Å². The summed E-state index contributed by atoms with van der Waals surface area (Å²) in [5.74, 6) is 0.392. The summed E-state index contributed by atoms with van der Waals surface area (Å²) >= 11 is 0. The maximum Gasteiger partial charge on any atom is 0.0595 e. The van der Waals surface area contributed by atoms with E-state index in [1.54, 1.807) is 5.56 Å². The first-order valence-electron chi connectivity index (χ1n) is 6.82. The smallest absolute Gasteiger partial charge is 0.0595 e. The minimum Gasteiger partial charge on any atom is -0.393 e. The van der Waals surface area contributed by atoms with Crippen LogP contribution in [0, 0.1) is 5.92 Å². The Morgan fingerprint density at radius 1 is 1.24 bits per heavy atom. The minimum atomic E-state index is -0.121. The van der Waals surface area contributed by atoms with Crippen molar-refractivity contribution < 1.29 is 5.11 Å². The van der Waals surface area contributed by atoms with Gasteiger partial charge in [-0.15, -0.1) is 0 Å². The highest BCUT2D eigenvalue weighted by atomic mass is 16.3. The van der Waals surface area contributed by atoms with Crippen LogP contribution in [0.1, 0.15) is 29.5 Å². The molecule has 92 valence electrons. The molecule has 2 nitrogen and oxygen atoms in total. The molecule has 0 radical (unpaired) electrons. The molecular formula is C15H21NO. The summed E-state index contributed by atoms with van der Waals surface area (Å²) in [4.78, 5) is 0. The molecule has 2 atom stereocenters. The Balaban J connectivity index is 1.72. The Morgan fingerprint density at radius 2 is 2.12 bits per heavy atom. The van der Waals surface area contributed by atoms with Crippen LogP contribution in [-0.2, 0) is 19.3 Å². The number of fused-ring (bicyclic) bond motifs is 1. The molecule has 1 aromatic rings. The van der Waals surface area contributed by atoms with Gasteiger partial charge >= 0.3 is 0 Å². The van der Waals surface area contributed by atoms with E-state index in [1.807, 2.05) is 0 Å². The highest BCUT2D eigenvalue weighted by Crippen LogP contribution is 2.25. The maximum atomic E-state index is 9.98. The predicted octanol–water partition coefficient (Wildman–Crippen LogP) is 1.69. The third-order valence-corrected chi connectivity index (χ3v) is 4.23. The quantitative estimate of drug-likeness (QED) is 0.812. The molecule has 0 amide bonds. The molecule has 2 N–H and O–H groups in total. The Labute approximate surface area is 103 Å². The van der Waals surface area contributed by atoms with E-state index in [-0.39, 0.29) is 6.10 Å². The lowest BCUT2D eigenvalue weighted by atomic mass is 9.89. The van der Waals surface area contributed by atoms with Crippen LogP contribution >= 0.6 is 0 Å². The van der Waals surface area contributed by atoms with Gasteiger partial charge in [-0.2, -0.15) is 0 Å². The molecule has 3 rings (SSSR count). The molecule has 2 aliphatic rings. The molecule has 0 spiro atoms. The fourth-order valence-electron chi connectivity index (χ4n) is 3.17. The third-order valence-electron chi connectivity index (χ3n) is 4.23. The van der Waals surface area contributed by atoms with Crippen LogP contribution in [0.4, 0.5) is 0 Å². The van der Waals surface area contributed by atoms with E-state index in [4.69, 9.17) is 0 Å². The Hall–Kier alpha value is -0.860. The number of aliphatic hydroxyl groups is 1. The highest BCUT2D eigenvalue weighted by Gasteiger charge is 2.23. The molecule has 17 heavy (non-hydrogen) atoms. The zero-order valence-corrected chi connectivity index (χ0v) is 10.3. The fraction of sp³-hybridized carbons (Fsp3) is 0.600. The normalized spacial score (nSPS) is 28.1. The van der Waals surface area contributed by atoms with E-state index in [0.29, 0.717) is 5.92 Å². The van der Waals surface area contributed by atoms with E-state index in [2.05, 4.69) is 23.5 Å². The number of piperidine rings is 1. The number of aryl methyl sites for hydroxylation is 2. The first-order valence-corrected chi connectivity index (χ1v) is 6.82. The third kappa shape index (κ3) is 2.38. The number of benzene rings is 1. The number of rotatable bonds is 2. The summed E-state index contributed by atoms with van der Waals surface area (Å²) in [6.45, 7) is 1.92. The zero-order valence-electron chi connectivity index (χ0n) is 10.3. The van der Waals surface area contributed by atoms with E-state index >= 15 is 0 Å². The van der Waals surface area contributed by atoms with Gasteiger partial charge in [0.25, 0.3) is 0 Å². The van der Waals surface area contributed by atoms with Crippen LogP contribution in [-0.4, -0.2) is 24.3 Å². The summed E-state index contributed by atoms with van der Waals surface area (Å²) in [6, 6.07) is 6.91. The van der Waals surface area contributed by atoms with Gasteiger partial charge in [-0.1, -0.05) is 18.2 Å². The molecule has 1 saturated heterocycles. The predicted molar refractivity (Wildman–Crippen MR) is 69.2 cm³/mol. The summed E-state index contributed by atoms with van der Waals surface area (Å²) in [5.41, 5.74) is 4.48. The summed E-state index contributed by atoms with van der Waals surface area (Å²) in [6.07, 6.45) is 5.60. The first-order chi connectivity index (χ1) is 8.33. The van der Waals surface area contributed by atoms with Crippen molar-refractivity contribution in [1.29, 1.82) is 0 Å². The molecule has 0 saturated carbocycles. The SMILES string of the molecule is OC1CCNCC1Cc1ccc2c(c1)CCC2. The molecule has 0 aromatic heterocycles. The Morgan fingerprint density at radius 3 is 3.00 bits per heavy atom. The molecule has 1 aliphatic heterocycles. The summed E-state index contributed by atoms with van der Waals surface area (Å²) < 4.78 is 0. The van der Waals surface area contributed by atoms with Crippen molar-refractivity contribution in [1.82, 2.24) is 5.32 Å². The average Bonchev–Trinajstić information content (AvgIpc) is 2.79. The van der Waals surface area contributed by atoms with Gasteiger partial charge in [-0.05, 0) is 55.3 Å². The maximum absolute atomic E-state index is 9.98. The van der Waals surface area contributed by atoms with Crippen molar-refractivity contribution in [2.24, 2.45) is 5.92 Å². The van der Waals surface area contributed by atoms with Crippen LogP contribution in [0.25, 0.3) is 0 Å². The Bertz CT molecular complexity index is 402. The lowest BCUT2D eigenvalue weighted by Gasteiger charge is -2.28. The summed E-state index contributed by atoms with van der Waals surface area (Å²) in [7, 11) is 0. The average molecular weight is 231 g/mol. The number of hydrogen-bond acceptors (Lipinski definition) is 2. The van der Waals surface area contributed by atoms with Crippen molar-refractivity contribution in [3.63, 3.8) is 0 Å². The van der Waals surface area contributed by atoms with Gasteiger partial charge in [-0.3, -0.25) is 0 Å². The van der Waals surface area contributed by atoms with Crippen LogP contribution < -0.4 is 5.32 Å². The van der Waals surface area contributed by atoms with E-state index in [1.165, 1.54) is 30.4 Å². The second kappa shape index (κ2) is 4.79. The van der Waals surface area contributed by atoms with Crippen molar-refractivity contribution in [3.05, 3.63) is 34.9 Å². The van der Waals surface area contributed by atoms with Gasteiger partial charge in [0, 0.05) is 12.5 Å². The topological polar surface area (TPSA) is 32.3 Å². The van der Waals surface area contributed by atoms with E-state index in [0.717, 1.165) is 25.9 Å². The van der Waals surface area contributed by atoms with Gasteiger partial charge in [0.1, 0.15) is 0 Å². The van der Waals surface area contributed by atoms with Gasteiger partial charge in [-0.25, -0.2) is 0 Å². The molecule has 0 bridgehead atoms. The lowest BCUT2D eigenvalue weighted by Crippen LogP contribution is -2.40. The van der Waals surface area contributed by atoms with Gasteiger partial charge in [0.2, 0.25) is 0 Å². The molecule has 1 aliphatic carbocycles. The molecule has 2 unspecified atom stereocenters. The highest BCUT2D eigenvalue weighted by molar-refractivity contribution is 5.35. The lowest BCUT2D eigenvalue weighted by molar-refractivity contribution is 0.0791. The Kier molecular flexibility index (Phi) is 3.17. The molecule has 1 heterocycles. The number of aliphatic hydroxyl groups excluding tert-OH is 1. The minimum absolute atomic E-state index is 0.121. The zero-order chi connectivity index (χ0) is 11.7. The number of nitrogens with one attached hydrogen (secondary N) is 1. The summed E-state index contributed by atoms with van der Waals surface area (Å²) in [5, 5.41) is 13.4. The largest absolute Gasteiger partial charge is 0.393 e. The van der Waals surface area contributed by atoms with Crippen LogP contribution in [0.3, 0.4) is 0 Å². The fourth-order valence-corrected chi connectivity index (χ4v) is 3.17. The second-order valence-corrected chi connectivity index (χ2v) is 5.48. The van der Waals surface area contributed by atoms with Crippen LogP contribution in [0.15, 0.2) is 18.2 Å².